The van der Waals surface area contributed by atoms with E-state index in [1.807, 2.05) is 13.2 Å². The second-order valence-corrected chi connectivity index (χ2v) is 5.77. The predicted octanol–water partition coefficient (Wildman–Crippen LogP) is 3.06. The summed E-state index contributed by atoms with van der Waals surface area (Å²) in [7, 11) is 1.97. The van der Waals surface area contributed by atoms with Gasteiger partial charge in [-0.3, -0.25) is 0 Å². The van der Waals surface area contributed by atoms with Gasteiger partial charge in [-0.1, -0.05) is 19.3 Å². The van der Waals surface area contributed by atoms with Crippen LogP contribution in [0.4, 0.5) is 0 Å². The van der Waals surface area contributed by atoms with E-state index in [1.165, 1.54) is 29.1 Å². The number of rotatable bonds is 5. The fourth-order valence-corrected chi connectivity index (χ4v) is 3.72. The van der Waals surface area contributed by atoms with E-state index >= 15 is 0 Å². The second-order valence-electron chi connectivity index (χ2n) is 4.65. The van der Waals surface area contributed by atoms with Crippen LogP contribution in [0, 0.1) is 0 Å². The van der Waals surface area contributed by atoms with Crippen molar-refractivity contribution in [3.63, 3.8) is 0 Å². The van der Waals surface area contributed by atoms with Crippen molar-refractivity contribution in [2.75, 3.05) is 13.7 Å². The molecule has 4 heteroatoms. The van der Waals surface area contributed by atoms with E-state index in [2.05, 4.69) is 17.2 Å². The van der Waals surface area contributed by atoms with Crippen molar-refractivity contribution in [2.24, 2.45) is 0 Å². The lowest BCUT2D eigenvalue weighted by molar-refractivity contribution is -0.0704. The van der Waals surface area contributed by atoms with Gasteiger partial charge in [0.1, 0.15) is 10.6 Å². The number of hydrogen-bond acceptors (Lipinski definition) is 4. The first-order chi connectivity index (χ1) is 8.30. The lowest BCUT2D eigenvalue weighted by Crippen LogP contribution is -2.32. The Kier molecular flexibility index (Phi) is 4.54. The Bertz CT molecular complexity index is 339. The van der Waals surface area contributed by atoms with Crippen LogP contribution < -0.4 is 5.32 Å². The Morgan fingerprint density at radius 1 is 1.41 bits per heavy atom. The first-order valence-corrected chi connectivity index (χ1v) is 7.36. The third-order valence-corrected chi connectivity index (χ3v) is 4.56. The van der Waals surface area contributed by atoms with Gasteiger partial charge in [-0.05, 0) is 26.8 Å². The number of nitrogens with one attached hydrogen (secondary N) is 1. The molecule has 0 saturated heterocycles. The minimum Gasteiger partial charge on any atom is -0.368 e. The van der Waals surface area contributed by atoms with Crippen molar-refractivity contribution >= 4 is 11.3 Å². The molecular formula is C13H22N2OS. The average molecular weight is 254 g/mol. The molecule has 1 saturated carbocycles. The first kappa shape index (κ1) is 13.0. The highest BCUT2D eigenvalue weighted by Gasteiger charge is 2.37. The smallest absolute Gasteiger partial charge is 0.125 e. The zero-order valence-electron chi connectivity index (χ0n) is 10.8. The molecule has 1 aliphatic carbocycles. The number of thiazole rings is 1. The van der Waals surface area contributed by atoms with Crippen LogP contribution >= 0.6 is 11.3 Å². The molecule has 0 aliphatic heterocycles. The molecule has 1 aromatic rings. The SMILES string of the molecule is CCOC1(c2ncc(CNC)s2)CCCCC1. The summed E-state index contributed by atoms with van der Waals surface area (Å²) in [6.45, 7) is 3.76. The highest BCUT2D eigenvalue weighted by Crippen LogP contribution is 2.42. The minimum absolute atomic E-state index is 0.0797. The van der Waals surface area contributed by atoms with Crippen molar-refractivity contribution < 1.29 is 4.74 Å². The molecule has 0 radical (unpaired) electrons. The van der Waals surface area contributed by atoms with Gasteiger partial charge in [0.15, 0.2) is 0 Å². The second kappa shape index (κ2) is 5.94. The normalized spacial score (nSPS) is 19.4. The molecule has 96 valence electrons. The van der Waals surface area contributed by atoms with Crippen molar-refractivity contribution in [3.8, 4) is 0 Å². The summed E-state index contributed by atoms with van der Waals surface area (Å²) in [6, 6.07) is 0. The van der Waals surface area contributed by atoms with Gasteiger partial charge in [-0.2, -0.15) is 0 Å². The maximum Gasteiger partial charge on any atom is 0.125 e. The lowest BCUT2D eigenvalue weighted by Gasteiger charge is -2.35. The molecule has 17 heavy (non-hydrogen) atoms. The van der Waals surface area contributed by atoms with E-state index in [0.717, 1.165) is 26.0 Å². The van der Waals surface area contributed by atoms with Crippen LogP contribution in [0.15, 0.2) is 6.20 Å². The van der Waals surface area contributed by atoms with Crippen molar-refractivity contribution in [2.45, 2.75) is 51.2 Å². The Morgan fingerprint density at radius 2 is 2.18 bits per heavy atom. The van der Waals surface area contributed by atoms with Crippen molar-refractivity contribution in [1.82, 2.24) is 10.3 Å². The van der Waals surface area contributed by atoms with Gasteiger partial charge in [0.2, 0.25) is 0 Å². The Balaban J connectivity index is 2.18. The Hall–Kier alpha value is -0.450. The van der Waals surface area contributed by atoms with Crippen LogP contribution in [-0.2, 0) is 16.9 Å². The molecule has 3 nitrogen and oxygen atoms in total. The maximum atomic E-state index is 6.08. The summed E-state index contributed by atoms with van der Waals surface area (Å²) in [5, 5.41) is 4.36. The number of hydrogen-bond donors (Lipinski definition) is 1. The zero-order chi connectivity index (χ0) is 12.1. The van der Waals surface area contributed by atoms with Crippen LogP contribution in [0.25, 0.3) is 0 Å². The van der Waals surface area contributed by atoms with E-state index in [4.69, 9.17) is 4.74 Å². The number of nitrogens with zero attached hydrogens (tertiary/aromatic N) is 1. The monoisotopic (exact) mass is 254 g/mol. The average Bonchev–Trinajstić information content (AvgIpc) is 2.80. The van der Waals surface area contributed by atoms with E-state index < -0.39 is 0 Å². The molecule has 0 spiro atoms. The number of ether oxygens (including phenoxy) is 1. The molecule has 1 aliphatic rings. The molecule has 1 fully saturated rings. The van der Waals surface area contributed by atoms with Gasteiger partial charge in [0.05, 0.1) is 0 Å². The van der Waals surface area contributed by atoms with Crippen LogP contribution in [0.5, 0.6) is 0 Å². The topological polar surface area (TPSA) is 34.1 Å². The molecule has 0 aromatic carbocycles. The van der Waals surface area contributed by atoms with Gasteiger partial charge in [-0.25, -0.2) is 4.98 Å². The molecule has 0 bridgehead atoms. The molecule has 0 unspecified atom stereocenters. The molecule has 1 heterocycles. The minimum atomic E-state index is -0.0797. The highest BCUT2D eigenvalue weighted by molar-refractivity contribution is 7.11. The van der Waals surface area contributed by atoms with Gasteiger partial charge < -0.3 is 10.1 Å². The molecule has 0 amide bonds. The third-order valence-electron chi connectivity index (χ3n) is 3.38. The summed E-state index contributed by atoms with van der Waals surface area (Å²) in [5.74, 6) is 0. The predicted molar refractivity (Wildman–Crippen MR) is 71.3 cm³/mol. The molecule has 1 aromatic heterocycles. The highest BCUT2D eigenvalue weighted by atomic mass is 32.1. The Labute approximate surface area is 108 Å². The summed E-state index contributed by atoms with van der Waals surface area (Å²) in [4.78, 5) is 5.90. The lowest BCUT2D eigenvalue weighted by atomic mass is 9.85. The van der Waals surface area contributed by atoms with Crippen LogP contribution in [0.2, 0.25) is 0 Å². The van der Waals surface area contributed by atoms with Crippen LogP contribution in [0.1, 0.15) is 48.9 Å². The van der Waals surface area contributed by atoms with Crippen LogP contribution in [-0.4, -0.2) is 18.6 Å². The van der Waals surface area contributed by atoms with Crippen molar-refractivity contribution in [1.29, 1.82) is 0 Å². The van der Waals surface area contributed by atoms with E-state index in [9.17, 15) is 0 Å². The zero-order valence-corrected chi connectivity index (χ0v) is 11.6. The molecule has 1 N–H and O–H groups in total. The largest absolute Gasteiger partial charge is 0.368 e. The standard InChI is InChI=1S/C13H22N2OS/c1-3-16-13(7-5-4-6-8-13)12-15-10-11(17-12)9-14-2/h10,14H,3-9H2,1-2H3. The molecule has 2 rings (SSSR count). The molecular weight excluding hydrogens is 232 g/mol. The fourth-order valence-electron chi connectivity index (χ4n) is 2.59. The fraction of sp³-hybridized carbons (Fsp3) is 0.769. The maximum absolute atomic E-state index is 6.08. The summed E-state index contributed by atoms with van der Waals surface area (Å²) in [5.41, 5.74) is -0.0797. The quantitative estimate of drug-likeness (QED) is 0.877. The van der Waals surface area contributed by atoms with E-state index in [-0.39, 0.29) is 5.60 Å². The first-order valence-electron chi connectivity index (χ1n) is 6.54. The third kappa shape index (κ3) is 2.87. The molecule has 0 atom stereocenters. The van der Waals surface area contributed by atoms with Gasteiger partial charge in [-0.15, -0.1) is 11.3 Å². The summed E-state index contributed by atoms with van der Waals surface area (Å²) >= 11 is 1.80. The van der Waals surface area contributed by atoms with E-state index in [1.54, 1.807) is 11.3 Å². The number of aromatic nitrogens is 1. The van der Waals surface area contributed by atoms with E-state index in [0.29, 0.717) is 0 Å². The Morgan fingerprint density at radius 3 is 2.82 bits per heavy atom. The van der Waals surface area contributed by atoms with Gasteiger partial charge in [0.25, 0.3) is 0 Å². The van der Waals surface area contributed by atoms with Gasteiger partial charge >= 0.3 is 0 Å². The van der Waals surface area contributed by atoms with Crippen molar-refractivity contribution in [3.05, 3.63) is 16.1 Å². The summed E-state index contributed by atoms with van der Waals surface area (Å²) < 4.78 is 6.08. The summed E-state index contributed by atoms with van der Waals surface area (Å²) in [6.07, 6.45) is 8.12. The van der Waals surface area contributed by atoms with Gasteiger partial charge in [0, 0.05) is 24.2 Å². The van der Waals surface area contributed by atoms with Crippen LogP contribution in [0.3, 0.4) is 0 Å².